The number of aromatic nitrogens is 2. The molecular formula is C18H13Cl3N2S2. The molecular weight excluding hydrogens is 415 g/mol. The van der Waals surface area contributed by atoms with Crippen LogP contribution in [0.3, 0.4) is 0 Å². The number of thioether (sulfide) groups is 1. The largest absolute Gasteiger partial charge is 0.319 e. The quantitative estimate of drug-likeness (QED) is 0.330. The number of benzene rings is 2. The lowest BCUT2D eigenvalue weighted by atomic mass is 10.1. The maximum Gasteiger partial charge on any atom is 0.125 e. The van der Waals surface area contributed by atoms with E-state index in [1.54, 1.807) is 12.5 Å². The van der Waals surface area contributed by atoms with Gasteiger partial charge in [-0.2, -0.15) is 0 Å². The molecule has 3 aromatic rings. The molecule has 0 bridgehead atoms. The minimum absolute atomic E-state index is 0.101. The van der Waals surface area contributed by atoms with Crippen LogP contribution in [-0.2, 0) is 0 Å². The second-order valence-corrected chi connectivity index (χ2v) is 8.41. The fraction of sp³-hybridized carbons (Fsp3) is 0.111. The number of imidazole rings is 1. The van der Waals surface area contributed by atoms with Gasteiger partial charge in [-0.25, -0.2) is 4.98 Å². The summed E-state index contributed by atoms with van der Waals surface area (Å²) < 4.78 is 2.61. The van der Waals surface area contributed by atoms with Crippen molar-refractivity contribution in [3.05, 3.63) is 88.4 Å². The molecule has 0 amide bonds. The number of halogens is 3. The zero-order valence-electron chi connectivity index (χ0n) is 12.9. The first-order valence-electron chi connectivity index (χ1n) is 7.38. The lowest BCUT2D eigenvalue weighted by Crippen LogP contribution is -2.11. The summed E-state index contributed by atoms with van der Waals surface area (Å²) in [6.07, 6.45) is 5.25. The predicted octanol–water partition coefficient (Wildman–Crippen LogP) is 6.78. The van der Waals surface area contributed by atoms with E-state index >= 15 is 0 Å². The van der Waals surface area contributed by atoms with Crippen LogP contribution in [0.5, 0.6) is 0 Å². The molecule has 2 atom stereocenters. The van der Waals surface area contributed by atoms with Crippen LogP contribution in [0.25, 0.3) is 0 Å². The Labute approximate surface area is 171 Å². The Morgan fingerprint density at radius 3 is 2.16 bits per heavy atom. The van der Waals surface area contributed by atoms with Gasteiger partial charge >= 0.3 is 0 Å². The molecule has 2 aromatic carbocycles. The molecule has 0 radical (unpaired) electrons. The van der Waals surface area contributed by atoms with Crippen LogP contribution < -0.4 is 0 Å². The molecule has 7 heteroatoms. The summed E-state index contributed by atoms with van der Waals surface area (Å²) in [7, 11) is 0. The first kappa shape index (κ1) is 18.7. The third kappa shape index (κ3) is 4.78. The highest BCUT2D eigenvalue weighted by molar-refractivity contribution is 8.23. The smallest absolute Gasteiger partial charge is 0.125 e. The van der Waals surface area contributed by atoms with Gasteiger partial charge in [0.1, 0.15) is 5.50 Å². The molecule has 2 nitrogen and oxygen atoms in total. The fourth-order valence-corrected chi connectivity index (χ4v) is 4.44. The third-order valence-corrected chi connectivity index (χ3v) is 6.46. The number of hydrogen-bond acceptors (Lipinski definition) is 3. The highest BCUT2D eigenvalue weighted by Crippen LogP contribution is 2.43. The molecule has 0 fully saturated rings. The normalized spacial score (nSPS) is 13.4. The zero-order chi connectivity index (χ0) is 17.8. The topological polar surface area (TPSA) is 17.8 Å². The molecule has 3 rings (SSSR count). The van der Waals surface area contributed by atoms with Crippen LogP contribution >= 0.6 is 58.8 Å². The number of nitrogens with zero attached hydrogens (tertiary/aromatic N) is 2. The van der Waals surface area contributed by atoms with Crippen LogP contribution in [-0.4, -0.2) is 13.7 Å². The van der Waals surface area contributed by atoms with Gasteiger partial charge in [-0.1, -0.05) is 71.3 Å². The Bertz CT molecular complexity index is 834. The number of rotatable bonds is 5. The average molecular weight is 428 g/mol. The van der Waals surface area contributed by atoms with E-state index in [9.17, 15) is 0 Å². The van der Waals surface area contributed by atoms with Gasteiger partial charge in [0.25, 0.3) is 0 Å². The second-order valence-electron chi connectivity index (χ2n) is 5.27. The summed E-state index contributed by atoms with van der Waals surface area (Å²) in [5, 5.41) is 1.26. The van der Waals surface area contributed by atoms with E-state index in [4.69, 9.17) is 47.0 Å². The maximum absolute atomic E-state index is 6.73. The van der Waals surface area contributed by atoms with Gasteiger partial charge in [0.15, 0.2) is 0 Å². The lowest BCUT2D eigenvalue weighted by Gasteiger charge is -2.23. The highest BCUT2D eigenvalue weighted by atomic mass is 35.5. The van der Waals surface area contributed by atoms with E-state index in [2.05, 4.69) is 4.98 Å². The molecule has 0 saturated carbocycles. The third-order valence-electron chi connectivity index (χ3n) is 3.57. The summed E-state index contributed by atoms with van der Waals surface area (Å²) in [5.74, 6) is 0. The molecule has 1 heterocycles. The van der Waals surface area contributed by atoms with Gasteiger partial charge < -0.3 is 4.57 Å². The van der Waals surface area contributed by atoms with Crippen molar-refractivity contribution in [3.63, 3.8) is 0 Å². The Morgan fingerprint density at radius 2 is 1.60 bits per heavy atom. The maximum atomic E-state index is 6.73. The molecule has 0 aliphatic heterocycles. The SMILES string of the molecule is S=C(SC(c1ccc(Cl)cc1)C(Cl)n1ccnc1)c1ccc(Cl)cc1. The first-order chi connectivity index (χ1) is 12.0. The fourth-order valence-electron chi connectivity index (χ4n) is 2.28. The van der Waals surface area contributed by atoms with Gasteiger partial charge in [-0.05, 0) is 35.4 Å². The molecule has 0 aliphatic rings. The Kier molecular flexibility index (Phi) is 6.42. The summed E-state index contributed by atoms with van der Waals surface area (Å²) in [6.45, 7) is 0. The number of hydrogen-bond donors (Lipinski definition) is 0. The van der Waals surface area contributed by atoms with Crippen LogP contribution in [0.4, 0.5) is 0 Å². The van der Waals surface area contributed by atoms with Crippen LogP contribution in [0.1, 0.15) is 21.9 Å². The first-order valence-corrected chi connectivity index (χ1v) is 9.86. The van der Waals surface area contributed by atoms with E-state index in [0.29, 0.717) is 10.0 Å². The van der Waals surface area contributed by atoms with E-state index in [1.807, 2.05) is 59.3 Å². The van der Waals surface area contributed by atoms with E-state index in [0.717, 1.165) is 15.3 Å². The lowest BCUT2D eigenvalue weighted by molar-refractivity contribution is 0.653. The van der Waals surface area contributed by atoms with E-state index in [1.165, 1.54) is 11.8 Å². The summed E-state index contributed by atoms with van der Waals surface area (Å²) in [6, 6.07) is 15.1. The Balaban J connectivity index is 1.89. The van der Waals surface area contributed by atoms with Crippen molar-refractivity contribution >= 4 is 63.0 Å². The van der Waals surface area contributed by atoms with Crippen LogP contribution in [0.2, 0.25) is 10.0 Å². The monoisotopic (exact) mass is 426 g/mol. The van der Waals surface area contributed by atoms with Crippen molar-refractivity contribution in [1.82, 2.24) is 9.55 Å². The second kappa shape index (κ2) is 8.56. The Hall–Kier alpha value is -1.04. The van der Waals surface area contributed by atoms with Gasteiger partial charge in [0.2, 0.25) is 0 Å². The molecule has 0 saturated heterocycles. The van der Waals surface area contributed by atoms with Gasteiger partial charge in [-0.3, -0.25) is 0 Å². The predicted molar refractivity (Wildman–Crippen MR) is 112 cm³/mol. The van der Waals surface area contributed by atoms with Crippen molar-refractivity contribution in [1.29, 1.82) is 0 Å². The molecule has 0 aliphatic carbocycles. The van der Waals surface area contributed by atoms with Gasteiger partial charge in [0.05, 0.1) is 15.8 Å². The molecule has 0 spiro atoms. The average Bonchev–Trinajstić information content (AvgIpc) is 3.15. The summed E-state index contributed by atoms with van der Waals surface area (Å²) in [4.78, 5) is 4.08. The molecule has 2 unspecified atom stereocenters. The standard InChI is InChI=1S/C18H13Cl3N2S2/c19-14-5-1-12(2-6-14)16(17(21)23-10-9-22-11-23)25-18(24)13-3-7-15(20)8-4-13/h1-11,16-17H. The van der Waals surface area contributed by atoms with Gasteiger partial charge in [-0.15, -0.1) is 11.8 Å². The van der Waals surface area contributed by atoms with Crippen molar-refractivity contribution in [3.8, 4) is 0 Å². The van der Waals surface area contributed by atoms with Crippen LogP contribution in [0.15, 0.2) is 67.3 Å². The van der Waals surface area contributed by atoms with Crippen LogP contribution in [0, 0.1) is 0 Å². The molecule has 1 aromatic heterocycles. The number of thiocarbonyl (C=S) groups is 1. The number of alkyl halides is 1. The Morgan fingerprint density at radius 1 is 1.00 bits per heavy atom. The molecule has 25 heavy (non-hydrogen) atoms. The summed E-state index contributed by atoms with van der Waals surface area (Å²) in [5.41, 5.74) is 1.64. The zero-order valence-corrected chi connectivity index (χ0v) is 16.8. The van der Waals surface area contributed by atoms with Crippen molar-refractivity contribution in [2.75, 3.05) is 0 Å². The van der Waals surface area contributed by atoms with Crippen molar-refractivity contribution in [2.45, 2.75) is 10.8 Å². The summed E-state index contributed by atoms with van der Waals surface area (Å²) >= 11 is 25.9. The van der Waals surface area contributed by atoms with E-state index < -0.39 is 0 Å². The van der Waals surface area contributed by atoms with E-state index in [-0.39, 0.29) is 10.8 Å². The van der Waals surface area contributed by atoms with Crippen molar-refractivity contribution in [2.24, 2.45) is 0 Å². The van der Waals surface area contributed by atoms with Gasteiger partial charge in [0, 0.05) is 22.4 Å². The minimum Gasteiger partial charge on any atom is -0.319 e. The molecule has 128 valence electrons. The molecule has 0 N–H and O–H groups in total. The van der Waals surface area contributed by atoms with Crippen molar-refractivity contribution < 1.29 is 0 Å². The highest BCUT2D eigenvalue weighted by Gasteiger charge is 2.25. The minimum atomic E-state index is -0.348.